The van der Waals surface area contributed by atoms with Crippen molar-refractivity contribution in [1.82, 2.24) is 4.90 Å². The van der Waals surface area contributed by atoms with Gasteiger partial charge in [0.1, 0.15) is 11.1 Å². The number of fused-ring (bicyclic) bond motifs is 1. The number of nitrogens with zero attached hydrogens (tertiary/aromatic N) is 1. The highest BCUT2D eigenvalue weighted by Crippen LogP contribution is 2.42. The van der Waals surface area contributed by atoms with Gasteiger partial charge in [-0.15, -0.1) is 11.6 Å². The number of rotatable bonds is 3. The van der Waals surface area contributed by atoms with Crippen molar-refractivity contribution in [2.45, 2.75) is 37.6 Å². The molecule has 1 aliphatic carbocycles. The van der Waals surface area contributed by atoms with Crippen LogP contribution >= 0.6 is 23.2 Å². The Balaban J connectivity index is 2.44. The minimum absolute atomic E-state index is 0.0324. The van der Waals surface area contributed by atoms with E-state index >= 15 is 0 Å². The molecule has 20 heavy (non-hydrogen) atoms. The Morgan fingerprint density at radius 2 is 2.20 bits per heavy atom. The normalized spacial score (nSPS) is 19.1. The first-order chi connectivity index (χ1) is 9.47. The highest BCUT2D eigenvalue weighted by atomic mass is 35.5. The average molecular weight is 316 g/mol. The molecule has 1 aromatic carbocycles. The summed E-state index contributed by atoms with van der Waals surface area (Å²) in [7, 11) is 3.44. The van der Waals surface area contributed by atoms with Gasteiger partial charge in [0.2, 0.25) is 5.91 Å². The van der Waals surface area contributed by atoms with Gasteiger partial charge in [-0.1, -0.05) is 11.6 Å². The van der Waals surface area contributed by atoms with Gasteiger partial charge in [0.25, 0.3) is 0 Å². The van der Waals surface area contributed by atoms with Crippen molar-refractivity contribution in [2.24, 2.45) is 0 Å². The molecule has 0 aliphatic heterocycles. The molecular weight excluding hydrogens is 297 g/mol. The van der Waals surface area contributed by atoms with Gasteiger partial charge >= 0.3 is 0 Å². The summed E-state index contributed by atoms with van der Waals surface area (Å²) in [6, 6.07) is 3.69. The molecule has 0 N–H and O–H groups in total. The van der Waals surface area contributed by atoms with Gasteiger partial charge in [0.15, 0.2) is 0 Å². The van der Waals surface area contributed by atoms with E-state index in [0.29, 0.717) is 5.02 Å². The van der Waals surface area contributed by atoms with E-state index in [4.69, 9.17) is 27.9 Å². The molecule has 5 heteroatoms. The summed E-state index contributed by atoms with van der Waals surface area (Å²) in [5.41, 5.74) is 2.11. The van der Waals surface area contributed by atoms with Gasteiger partial charge in [-0.3, -0.25) is 4.79 Å². The molecule has 0 bridgehead atoms. The van der Waals surface area contributed by atoms with Crippen LogP contribution in [0, 0.1) is 0 Å². The van der Waals surface area contributed by atoms with Crippen molar-refractivity contribution >= 4 is 29.1 Å². The molecule has 1 aromatic rings. The van der Waals surface area contributed by atoms with Gasteiger partial charge in [0, 0.05) is 23.2 Å². The lowest BCUT2D eigenvalue weighted by Crippen LogP contribution is -2.37. The number of amides is 1. The molecule has 3 nitrogen and oxygen atoms in total. The highest BCUT2D eigenvalue weighted by Gasteiger charge is 2.31. The number of halogens is 2. The molecule has 110 valence electrons. The lowest BCUT2D eigenvalue weighted by molar-refractivity contribution is -0.131. The van der Waals surface area contributed by atoms with Crippen molar-refractivity contribution < 1.29 is 9.53 Å². The molecule has 2 atom stereocenters. The van der Waals surface area contributed by atoms with E-state index in [-0.39, 0.29) is 11.9 Å². The van der Waals surface area contributed by atoms with Gasteiger partial charge < -0.3 is 9.64 Å². The number of hydrogen-bond donors (Lipinski definition) is 0. The zero-order valence-corrected chi connectivity index (χ0v) is 13.5. The number of ether oxygens (including phenoxy) is 1. The Hall–Kier alpha value is -0.930. The molecule has 0 saturated heterocycles. The number of carbonyl (C=O) groups excluding carboxylic acids is 1. The summed E-state index contributed by atoms with van der Waals surface area (Å²) < 4.78 is 5.42. The number of alkyl halides is 1. The third-order valence-electron chi connectivity index (χ3n) is 3.87. The molecule has 0 radical (unpaired) electrons. The minimum Gasteiger partial charge on any atom is -0.496 e. The standard InChI is InChI=1S/C15H19Cl2NO2/c1-9(16)15(19)18(2)12-6-4-5-10-13(20-3)8-7-11(17)14(10)12/h7-9,12H,4-6H2,1-3H3. The quantitative estimate of drug-likeness (QED) is 0.794. The third kappa shape index (κ3) is 2.75. The van der Waals surface area contributed by atoms with E-state index in [1.165, 1.54) is 0 Å². The highest BCUT2D eigenvalue weighted by molar-refractivity contribution is 6.32. The van der Waals surface area contributed by atoms with Crippen LogP contribution in [0.15, 0.2) is 12.1 Å². The summed E-state index contributed by atoms with van der Waals surface area (Å²) in [6.07, 6.45) is 2.82. The van der Waals surface area contributed by atoms with Gasteiger partial charge in [-0.25, -0.2) is 0 Å². The summed E-state index contributed by atoms with van der Waals surface area (Å²) >= 11 is 12.3. The first-order valence-electron chi connectivity index (χ1n) is 6.73. The maximum Gasteiger partial charge on any atom is 0.240 e. The molecule has 1 amide bonds. The third-order valence-corrected chi connectivity index (χ3v) is 4.39. The first-order valence-corrected chi connectivity index (χ1v) is 7.54. The van der Waals surface area contributed by atoms with Crippen LogP contribution in [0.3, 0.4) is 0 Å². The molecule has 0 fully saturated rings. The Kier molecular flexibility index (Phi) is 4.82. The summed E-state index contributed by atoms with van der Waals surface area (Å²) in [5, 5.41) is 0.155. The van der Waals surface area contributed by atoms with Crippen LogP contribution in [0.2, 0.25) is 5.02 Å². The first kappa shape index (κ1) is 15.5. The Bertz CT molecular complexity index is 517. The fourth-order valence-electron chi connectivity index (χ4n) is 2.86. The molecule has 2 rings (SSSR count). The minimum atomic E-state index is -0.533. The zero-order chi connectivity index (χ0) is 14.9. The average Bonchev–Trinajstić information content (AvgIpc) is 2.45. The molecule has 0 spiro atoms. The van der Waals surface area contributed by atoms with Crippen molar-refractivity contribution in [3.8, 4) is 5.75 Å². The van der Waals surface area contributed by atoms with Crippen molar-refractivity contribution in [3.63, 3.8) is 0 Å². The van der Waals surface area contributed by atoms with E-state index in [2.05, 4.69) is 0 Å². The van der Waals surface area contributed by atoms with Crippen molar-refractivity contribution in [2.75, 3.05) is 14.2 Å². The largest absolute Gasteiger partial charge is 0.496 e. The molecular formula is C15H19Cl2NO2. The van der Waals surface area contributed by atoms with Crippen molar-refractivity contribution in [3.05, 3.63) is 28.3 Å². The predicted molar refractivity (Wildman–Crippen MR) is 81.8 cm³/mol. The van der Waals surface area contributed by atoms with Gasteiger partial charge in [-0.05, 0) is 38.3 Å². The van der Waals surface area contributed by atoms with Crippen LogP contribution in [0.4, 0.5) is 0 Å². The van der Waals surface area contributed by atoms with E-state index in [0.717, 1.165) is 36.1 Å². The lowest BCUT2D eigenvalue weighted by atomic mass is 9.86. The van der Waals surface area contributed by atoms with Crippen LogP contribution in [-0.4, -0.2) is 30.3 Å². The SMILES string of the molecule is COc1ccc(Cl)c2c1CCCC2N(C)C(=O)C(C)Cl. The maximum atomic E-state index is 12.1. The predicted octanol–water partition coefficient (Wildman–Crippen LogP) is 3.81. The summed E-state index contributed by atoms with van der Waals surface area (Å²) in [6.45, 7) is 1.69. The number of carbonyl (C=O) groups is 1. The summed E-state index contributed by atoms with van der Waals surface area (Å²) in [4.78, 5) is 13.8. The van der Waals surface area contributed by atoms with Crippen LogP contribution in [0.5, 0.6) is 5.75 Å². The second-order valence-electron chi connectivity index (χ2n) is 5.12. The van der Waals surface area contributed by atoms with E-state index in [9.17, 15) is 4.79 Å². The van der Waals surface area contributed by atoms with Gasteiger partial charge in [0.05, 0.1) is 13.2 Å². The fraction of sp³-hybridized carbons (Fsp3) is 0.533. The Labute approximate surface area is 129 Å². The van der Waals surface area contributed by atoms with E-state index < -0.39 is 5.38 Å². The zero-order valence-electron chi connectivity index (χ0n) is 12.0. The maximum absolute atomic E-state index is 12.1. The van der Waals surface area contributed by atoms with Crippen LogP contribution in [0.25, 0.3) is 0 Å². The topological polar surface area (TPSA) is 29.5 Å². The summed E-state index contributed by atoms with van der Waals surface area (Å²) in [5.74, 6) is 0.761. The lowest BCUT2D eigenvalue weighted by Gasteiger charge is -2.35. The smallest absolute Gasteiger partial charge is 0.240 e. The van der Waals surface area contributed by atoms with Crippen LogP contribution in [-0.2, 0) is 11.2 Å². The van der Waals surface area contributed by atoms with Gasteiger partial charge in [-0.2, -0.15) is 0 Å². The van der Waals surface area contributed by atoms with E-state index in [1.807, 2.05) is 12.1 Å². The van der Waals surface area contributed by atoms with Crippen LogP contribution < -0.4 is 4.74 Å². The van der Waals surface area contributed by atoms with E-state index in [1.54, 1.807) is 26.0 Å². The Morgan fingerprint density at radius 3 is 2.80 bits per heavy atom. The number of hydrogen-bond acceptors (Lipinski definition) is 2. The van der Waals surface area contributed by atoms with Crippen molar-refractivity contribution in [1.29, 1.82) is 0 Å². The number of methoxy groups -OCH3 is 1. The molecule has 0 saturated carbocycles. The Morgan fingerprint density at radius 1 is 1.50 bits per heavy atom. The number of benzene rings is 1. The second kappa shape index (κ2) is 6.23. The van der Waals surface area contributed by atoms with Crippen LogP contribution in [0.1, 0.15) is 36.9 Å². The molecule has 1 aliphatic rings. The molecule has 0 heterocycles. The molecule has 2 unspecified atom stereocenters. The second-order valence-corrected chi connectivity index (χ2v) is 6.18. The fourth-order valence-corrected chi connectivity index (χ4v) is 3.32. The molecule has 0 aromatic heterocycles. The monoisotopic (exact) mass is 315 g/mol.